The van der Waals surface area contributed by atoms with Gasteiger partial charge in [-0.2, -0.15) is 0 Å². The lowest BCUT2D eigenvalue weighted by Crippen LogP contribution is -1.98. The van der Waals surface area contributed by atoms with Gasteiger partial charge in [0.25, 0.3) is 0 Å². The Kier molecular flexibility index (Phi) is 6.46. The first-order chi connectivity index (χ1) is 8.31. The molecule has 0 spiro atoms. The Morgan fingerprint density at radius 2 is 2.00 bits per heavy atom. The minimum Gasteiger partial charge on any atom is -0.494 e. The summed E-state index contributed by atoms with van der Waals surface area (Å²) in [5, 5.41) is 0. The molecule has 0 amide bonds. The SMILES string of the molecule is C/C=C\c1ccc(OCCCCC)cc1CC. The molecule has 0 saturated carbocycles. The number of ether oxygens (including phenoxy) is 1. The number of hydrogen-bond acceptors (Lipinski definition) is 1. The van der Waals surface area contributed by atoms with Gasteiger partial charge in [0.1, 0.15) is 5.75 Å². The predicted molar refractivity (Wildman–Crippen MR) is 75.5 cm³/mol. The molecule has 0 aliphatic rings. The van der Waals surface area contributed by atoms with Gasteiger partial charge in [0, 0.05) is 0 Å². The van der Waals surface area contributed by atoms with Crippen LogP contribution in [0.1, 0.15) is 51.2 Å². The summed E-state index contributed by atoms with van der Waals surface area (Å²) < 4.78 is 5.76. The number of hydrogen-bond donors (Lipinski definition) is 0. The van der Waals surface area contributed by atoms with Crippen molar-refractivity contribution in [3.63, 3.8) is 0 Å². The summed E-state index contributed by atoms with van der Waals surface area (Å²) in [5.74, 6) is 1.01. The van der Waals surface area contributed by atoms with Crippen LogP contribution in [0.5, 0.6) is 5.75 Å². The first kappa shape index (κ1) is 13.8. The van der Waals surface area contributed by atoms with Crippen LogP contribution in [0, 0.1) is 0 Å². The smallest absolute Gasteiger partial charge is 0.119 e. The van der Waals surface area contributed by atoms with Crippen LogP contribution in [0.3, 0.4) is 0 Å². The van der Waals surface area contributed by atoms with E-state index in [0.29, 0.717) is 0 Å². The Hall–Kier alpha value is -1.24. The maximum atomic E-state index is 5.76. The molecule has 0 unspecified atom stereocenters. The van der Waals surface area contributed by atoms with Crippen molar-refractivity contribution in [3.05, 3.63) is 35.4 Å². The van der Waals surface area contributed by atoms with E-state index in [0.717, 1.165) is 25.2 Å². The molecule has 1 nitrogen and oxygen atoms in total. The molecule has 1 heteroatoms. The summed E-state index contributed by atoms with van der Waals surface area (Å²) in [4.78, 5) is 0. The average Bonchev–Trinajstić information content (AvgIpc) is 2.36. The molecule has 1 aromatic rings. The molecule has 1 aromatic carbocycles. The van der Waals surface area contributed by atoms with Gasteiger partial charge in [0.15, 0.2) is 0 Å². The van der Waals surface area contributed by atoms with Gasteiger partial charge in [-0.1, -0.05) is 44.9 Å². The molecule has 0 aliphatic heterocycles. The van der Waals surface area contributed by atoms with Crippen molar-refractivity contribution < 1.29 is 4.74 Å². The van der Waals surface area contributed by atoms with Crippen LogP contribution in [-0.2, 0) is 6.42 Å². The number of unbranched alkanes of at least 4 members (excludes halogenated alkanes) is 2. The van der Waals surface area contributed by atoms with Crippen LogP contribution >= 0.6 is 0 Å². The van der Waals surface area contributed by atoms with E-state index in [9.17, 15) is 0 Å². The normalized spacial score (nSPS) is 11.0. The zero-order valence-corrected chi connectivity index (χ0v) is 11.3. The molecule has 0 bridgehead atoms. The lowest BCUT2D eigenvalue weighted by molar-refractivity contribution is 0.306. The summed E-state index contributed by atoms with van der Waals surface area (Å²) in [6.07, 6.45) is 8.91. The van der Waals surface area contributed by atoms with Crippen molar-refractivity contribution in [2.24, 2.45) is 0 Å². The van der Waals surface area contributed by atoms with Gasteiger partial charge in [0.05, 0.1) is 6.61 Å². The Bertz CT molecular complexity index is 353. The van der Waals surface area contributed by atoms with Gasteiger partial charge in [-0.25, -0.2) is 0 Å². The second-order valence-corrected chi connectivity index (χ2v) is 4.27. The topological polar surface area (TPSA) is 9.23 Å². The van der Waals surface area contributed by atoms with Crippen molar-refractivity contribution >= 4 is 6.08 Å². The minimum atomic E-state index is 0.833. The van der Waals surface area contributed by atoms with Gasteiger partial charge < -0.3 is 4.74 Å². The summed E-state index contributed by atoms with van der Waals surface area (Å²) in [6.45, 7) is 7.28. The number of benzene rings is 1. The van der Waals surface area contributed by atoms with Crippen molar-refractivity contribution in [3.8, 4) is 5.75 Å². The summed E-state index contributed by atoms with van der Waals surface area (Å²) >= 11 is 0. The highest BCUT2D eigenvalue weighted by molar-refractivity contribution is 5.55. The summed E-state index contributed by atoms with van der Waals surface area (Å²) in [7, 11) is 0. The lowest BCUT2D eigenvalue weighted by atomic mass is 10.0. The molecule has 0 radical (unpaired) electrons. The first-order valence-electron chi connectivity index (χ1n) is 6.70. The fraction of sp³-hybridized carbons (Fsp3) is 0.500. The molecule has 0 atom stereocenters. The van der Waals surface area contributed by atoms with Crippen molar-refractivity contribution in [2.75, 3.05) is 6.61 Å². The molecule has 0 heterocycles. The van der Waals surface area contributed by atoms with E-state index in [-0.39, 0.29) is 0 Å². The first-order valence-corrected chi connectivity index (χ1v) is 6.70. The standard InChI is InChI=1S/C16H24O/c1-4-7-8-12-17-16-11-10-15(9-5-2)14(6-3)13-16/h5,9-11,13H,4,6-8,12H2,1-3H3/b9-5-. The van der Waals surface area contributed by atoms with E-state index < -0.39 is 0 Å². The quantitative estimate of drug-likeness (QED) is 0.610. The molecule has 0 aromatic heterocycles. The number of aryl methyl sites for hydroxylation is 1. The van der Waals surface area contributed by atoms with Gasteiger partial charge in [-0.3, -0.25) is 0 Å². The van der Waals surface area contributed by atoms with Crippen LogP contribution in [0.25, 0.3) is 6.08 Å². The number of rotatable bonds is 7. The fourth-order valence-electron chi connectivity index (χ4n) is 1.86. The third kappa shape index (κ3) is 4.64. The highest BCUT2D eigenvalue weighted by Crippen LogP contribution is 2.20. The zero-order chi connectivity index (χ0) is 12.5. The maximum Gasteiger partial charge on any atom is 0.119 e. The van der Waals surface area contributed by atoms with E-state index in [4.69, 9.17) is 4.74 Å². The highest BCUT2D eigenvalue weighted by Gasteiger charge is 2.00. The van der Waals surface area contributed by atoms with Gasteiger partial charge in [-0.15, -0.1) is 0 Å². The Morgan fingerprint density at radius 3 is 2.65 bits per heavy atom. The van der Waals surface area contributed by atoms with Crippen molar-refractivity contribution in [1.82, 2.24) is 0 Å². The molecule has 17 heavy (non-hydrogen) atoms. The van der Waals surface area contributed by atoms with Crippen molar-refractivity contribution in [1.29, 1.82) is 0 Å². The average molecular weight is 232 g/mol. The lowest BCUT2D eigenvalue weighted by Gasteiger charge is -2.09. The predicted octanol–water partition coefficient (Wildman–Crippen LogP) is 4.85. The number of allylic oxidation sites excluding steroid dienone is 1. The van der Waals surface area contributed by atoms with Gasteiger partial charge >= 0.3 is 0 Å². The molecule has 94 valence electrons. The molecule has 0 N–H and O–H groups in total. The second-order valence-electron chi connectivity index (χ2n) is 4.27. The van der Waals surface area contributed by atoms with Crippen LogP contribution < -0.4 is 4.74 Å². The third-order valence-electron chi connectivity index (χ3n) is 2.86. The van der Waals surface area contributed by atoms with E-state index in [2.05, 4.69) is 51.1 Å². The van der Waals surface area contributed by atoms with E-state index in [1.807, 2.05) is 0 Å². The van der Waals surface area contributed by atoms with Crippen LogP contribution in [0.4, 0.5) is 0 Å². The minimum absolute atomic E-state index is 0.833. The van der Waals surface area contributed by atoms with Gasteiger partial charge in [-0.05, 0) is 43.0 Å². The Morgan fingerprint density at radius 1 is 1.18 bits per heavy atom. The molecule has 0 saturated heterocycles. The monoisotopic (exact) mass is 232 g/mol. The molecule has 1 rings (SSSR count). The Labute approximate surface area is 106 Å². The summed E-state index contributed by atoms with van der Waals surface area (Å²) in [6, 6.07) is 6.38. The van der Waals surface area contributed by atoms with E-state index in [1.54, 1.807) is 0 Å². The second kappa shape index (κ2) is 7.94. The zero-order valence-electron chi connectivity index (χ0n) is 11.3. The third-order valence-corrected chi connectivity index (χ3v) is 2.86. The fourth-order valence-corrected chi connectivity index (χ4v) is 1.86. The molecule has 0 aliphatic carbocycles. The molecule has 0 fully saturated rings. The van der Waals surface area contributed by atoms with Crippen LogP contribution in [-0.4, -0.2) is 6.61 Å². The Balaban J connectivity index is 2.62. The highest BCUT2D eigenvalue weighted by atomic mass is 16.5. The van der Waals surface area contributed by atoms with Crippen LogP contribution in [0.15, 0.2) is 24.3 Å². The molecular formula is C16H24O. The van der Waals surface area contributed by atoms with Gasteiger partial charge in [0.2, 0.25) is 0 Å². The summed E-state index contributed by atoms with van der Waals surface area (Å²) in [5.41, 5.74) is 2.66. The van der Waals surface area contributed by atoms with E-state index in [1.165, 1.54) is 24.0 Å². The largest absolute Gasteiger partial charge is 0.494 e. The van der Waals surface area contributed by atoms with E-state index >= 15 is 0 Å². The molecular weight excluding hydrogens is 208 g/mol. The van der Waals surface area contributed by atoms with Crippen molar-refractivity contribution in [2.45, 2.75) is 46.5 Å². The maximum absolute atomic E-state index is 5.76. The van der Waals surface area contributed by atoms with Crippen LogP contribution in [0.2, 0.25) is 0 Å².